The Bertz CT molecular complexity index is 1320. The molecule has 0 atom stereocenters. The minimum absolute atomic E-state index is 0.00313. The number of aliphatic imine (C=N–C) groups is 1. The third-order valence-electron chi connectivity index (χ3n) is 4.40. The molecule has 31 heavy (non-hydrogen) atoms. The van der Waals surface area contributed by atoms with Crippen LogP contribution in [0.4, 0.5) is 5.69 Å². The van der Waals surface area contributed by atoms with Gasteiger partial charge in [-0.2, -0.15) is 0 Å². The second-order valence-electron chi connectivity index (χ2n) is 6.46. The number of aromatic hydroxyl groups is 2. The van der Waals surface area contributed by atoms with Crippen LogP contribution in [-0.4, -0.2) is 28.0 Å². The first kappa shape index (κ1) is 21.9. The number of hydrogen-bond acceptors (Lipinski definition) is 6. The first-order valence-electron chi connectivity index (χ1n) is 9.14. The molecule has 0 unspecified atom stereocenters. The molecule has 0 amide bonds. The van der Waals surface area contributed by atoms with Crippen LogP contribution < -0.4 is 4.74 Å². The van der Waals surface area contributed by atoms with Crippen LogP contribution >= 0.6 is 47.8 Å². The van der Waals surface area contributed by atoms with Gasteiger partial charge in [0.15, 0.2) is 17.1 Å². The molecular formula is C22H15Br3N2O4. The number of aromatic nitrogens is 1. The maximum absolute atomic E-state index is 10.5. The van der Waals surface area contributed by atoms with E-state index >= 15 is 0 Å². The lowest BCUT2D eigenvalue weighted by atomic mass is 10.2. The number of hydrogen-bond donors (Lipinski definition) is 2. The molecule has 1 heterocycles. The lowest BCUT2D eigenvalue weighted by Crippen LogP contribution is -1.95. The van der Waals surface area contributed by atoms with Crippen molar-refractivity contribution in [3.8, 4) is 28.7 Å². The van der Waals surface area contributed by atoms with Gasteiger partial charge in [-0.15, -0.1) is 0 Å². The SMILES string of the molecule is CCOc1cc(Br)c(Br)c(C=Nc2ccc3oc(-c4ccc(O)c(Br)c4)nc3c2)c1O. The third kappa shape index (κ3) is 4.49. The summed E-state index contributed by atoms with van der Waals surface area (Å²) in [6, 6.07) is 12.1. The zero-order chi connectivity index (χ0) is 22.1. The lowest BCUT2D eigenvalue weighted by Gasteiger charge is -2.11. The van der Waals surface area contributed by atoms with Gasteiger partial charge in [-0.3, -0.25) is 4.99 Å². The van der Waals surface area contributed by atoms with E-state index in [0.29, 0.717) is 49.5 Å². The molecule has 6 nitrogen and oxygen atoms in total. The zero-order valence-electron chi connectivity index (χ0n) is 16.1. The van der Waals surface area contributed by atoms with Gasteiger partial charge < -0.3 is 19.4 Å². The quantitative estimate of drug-likeness (QED) is 0.231. The molecule has 0 spiro atoms. The number of phenolic OH excluding ortho intramolecular Hbond substituents is 2. The molecule has 0 fully saturated rings. The molecule has 4 rings (SSSR count). The summed E-state index contributed by atoms with van der Waals surface area (Å²) in [6.45, 7) is 2.28. The predicted octanol–water partition coefficient (Wildman–Crippen LogP) is 7.34. The summed E-state index contributed by atoms with van der Waals surface area (Å²) in [5, 5.41) is 20.2. The Hall–Kier alpha value is -2.36. The van der Waals surface area contributed by atoms with Crippen LogP contribution in [0, 0.1) is 0 Å². The molecule has 0 bridgehead atoms. The first-order chi connectivity index (χ1) is 14.9. The average Bonchev–Trinajstić information content (AvgIpc) is 3.17. The van der Waals surface area contributed by atoms with Gasteiger partial charge in [0.05, 0.1) is 22.3 Å². The molecule has 1 aromatic heterocycles. The summed E-state index contributed by atoms with van der Waals surface area (Å²) in [5.41, 5.74) is 3.12. The largest absolute Gasteiger partial charge is 0.507 e. The summed E-state index contributed by atoms with van der Waals surface area (Å²) in [6.07, 6.45) is 1.56. The summed E-state index contributed by atoms with van der Waals surface area (Å²) in [4.78, 5) is 9.01. The van der Waals surface area contributed by atoms with Crippen LogP contribution in [0.2, 0.25) is 0 Å². The van der Waals surface area contributed by atoms with Gasteiger partial charge >= 0.3 is 0 Å². The minimum Gasteiger partial charge on any atom is -0.507 e. The highest BCUT2D eigenvalue weighted by atomic mass is 79.9. The van der Waals surface area contributed by atoms with Crippen molar-refractivity contribution in [2.45, 2.75) is 6.92 Å². The Labute approximate surface area is 203 Å². The smallest absolute Gasteiger partial charge is 0.227 e. The summed E-state index contributed by atoms with van der Waals surface area (Å²) >= 11 is 10.2. The number of rotatable bonds is 5. The van der Waals surface area contributed by atoms with Crippen molar-refractivity contribution in [1.82, 2.24) is 4.98 Å². The van der Waals surface area contributed by atoms with Gasteiger partial charge in [0, 0.05) is 20.7 Å². The van der Waals surface area contributed by atoms with Crippen molar-refractivity contribution in [3.63, 3.8) is 0 Å². The molecule has 0 aliphatic rings. The van der Waals surface area contributed by atoms with E-state index in [1.54, 1.807) is 48.7 Å². The van der Waals surface area contributed by atoms with Crippen molar-refractivity contribution in [2.24, 2.45) is 4.99 Å². The number of oxazole rings is 1. The fourth-order valence-corrected chi connectivity index (χ4v) is 4.10. The molecule has 0 saturated heterocycles. The molecule has 0 aliphatic carbocycles. The van der Waals surface area contributed by atoms with Crippen molar-refractivity contribution in [3.05, 3.63) is 61.4 Å². The van der Waals surface area contributed by atoms with Gasteiger partial charge in [0.1, 0.15) is 11.3 Å². The molecule has 3 aromatic carbocycles. The number of phenols is 2. The minimum atomic E-state index is 0.00313. The molecule has 0 radical (unpaired) electrons. The fraction of sp³-hybridized carbons (Fsp3) is 0.0909. The highest BCUT2D eigenvalue weighted by Crippen LogP contribution is 2.40. The number of fused-ring (bicyclic) bond motifs is 1. The van der Waals surface area contributed by atoms with Gasteiger partial charge in [0.25, 0.3) is 0 Å². The Balaban J connectivity index is 1.68. The Morgan fingerprint density at radius 3 is 2.61 bits per heavy atom. The Morgan fingerprint density at radius 2 is 1.87 bits per heavy atom. The van der Waals surface area contributed by atoms with E-state index in [0.717, 1.165) is 10.0 Å². The van der Waals surface area contributed by atoms with E-state index in [2.05, 4.69) is 57.8 Å². The van der Waals surface area contributed by atoms with Gasteiger partial charge in [0.2, 0.25) is 5.89 Å². The Kier molecular flexibility index (Phi) is 6.36. The molecule has 0 aliphatic heterocycles. The van der Waals surface area contributed by atoms with Crippen molar-refractivity contribution >= 4 is 70.8 Å². The summed E-state index contributed by atoms with van der Waals surface area (Å²) in [7, 11) is 0. The predicted molar refractivity (Wildman–Crippen MR) is 131 cm³/mol. The standard InChI is InChI=1S/C22H15Br3N2O4/c1-2-30-19-9-15(24)20(25)13(21(19)29)10-26-12-4-6-18-16(8-12)27-22(31-18)11-3-5-17(28)14(23)7-11/h3-10,28-29H,2H2,1H3. The number of benzene rings is 3. The van der Waals surface area contributed by atoms with E-state index in [1.165, 1.54) is 0 Å². The van der Waals surface area contributed by atoms with Crippen LogP contribution in [0.5, 0.6) is 17.2 Å². The number of nitrogens with zero attached hydrogens (tertiary/aromatic N) is 2. The van der Waals surface area contributed by atoms with Crippen LogP contribution in [-0.2, 0) is 0 Å². The molecular weight excluding hydrogens is 596 g/mol. The van der Waals surface area contributed by atoms with Crippen molar-refractivity contribution < 1.29 is 19.4 Å². The summed E-state index contributed by atoms with van der Waals surface area (Å²) < 4.78 is 13.3. The highest BCUT2D eigenvalue weighted by Gasteiger charge is 2.15. The molecule has 9 heteroatoms. The van der Waals surface area contributed by atoms with E-state index in [4.69, 9.17) is 9.15 Å². The molecule has 158 valence electrons. The highest BCUT2D eigenvalue weighted by molar-refractivity contribution is 9.13. The van der Waals surface area contributed by atoms with Crippen LogP contribution in [0.25, 0.3) is 22.6 Å². The second kappa shape index (κ2) is 9.02. The van der Waals surface area contributed by atoms with Gasteiger partial charge in [-0.05, 0) is 97.2 Å². The fourth-order valence-electron chi connectivity index (χ4n) is 2.89. The monoisotopic (exact) mass is 608 g/mol. The first-order valence-corrected chi connectivity index (χ1v) is 11.5. The van der Waals surface area contributed by atoms with Gasteiger partial charge in [-0.1, -0.05) is 0 Å². The van der Waals surface area contributed by atoms with E-state index < -0.39 is 0 Å². The van der Waals surface area contributed by atoms with E-state index in [9.17, 15) is 10.2 Å². The number of ether oxygens (including phenoxy) is 1. The van der Waals surface area contributed by atoms with Crippen LogP contribution in [0.1, 0.15) is 12.5 Å². The molecule has 4 aromatic rings. The number of halogens is 3. The van der Waals surface area contributed by atoms with Gasteiger partial charge in [-0.25, -0.2) is 4.98 Å². The normalized spacial score (nSPS) is 11.5. The van der Waals surface area contributed by atoms with Crippen LogP contribution in [0.3, 0.4) is 0 Å². The maximum atomic E-state index is 10.5. The molecule has 0 saturated carbocycles. The van der Waals surface area contributed by atoms with E-state index in [1.807, 2.05) is 6.92 Å². The Morgan fingerprint density at radius 1 is 1.06 bits per heavy atom. The third-order valence-corrected chi connectivity index (χ3v) is 7.05. The summed E-state index contributed by atoms with van der Waals surface area (Å²) in [5.74, 6) is 0.954. The topological polar surface area (TPSA) is 88.1 Å². The zero-order valence-corrected chi connectivity index (χ0v) is 20.8. The molecule has 2 N–H and O–H groups in total. The lowest BCUT2D eigenvalue weighted by molar-refractivity contribution is 0.317. The maximum Gasteiger partial charge on any atom is 0.227 e. The van der Waals surface area contributed by atoms with E-state index in [-0.39, 0.29) is 11.5 Å². The average molecular weight is 611 g/mol. The van der Waals surface area contributed by atoms with Crippen LogP contribution in [0.15, 0.2) is 65.3 Å². The second-order valence-corrected chi connectivity index (χ2v) is 8.96. The van der Waals surface area contributed by atoms with Crippen molar-refractivity contribution in [2.75, 3.05) is 6.61 Å². The van der Waals surface area contributed by atoms with Crippen molar-refractivity contribution in [1.29, 1.82) is 0 Å².